The van der Waals surface area contributed by atoms with Crippen molar-refractivity contribution in [2.75, 3.05) is 0 Å². The number of halogens is 1. The smallest absolute Gasteiger partial charge is 0.315 e. The Bertz CT molecular complexity index is 1090. The SMILES string of the molecule is O=C(NCc1ccc(OCc2cccc(F)c2)cc1)c1cc(O)c(O)c([N+](=O)[O-])c1. The molecule has 9 heteroatoms. The molecule has 0 bridgehead atoms. The van der Waals surface area contributed by atoms with Gasteiger partial charge in [-0.3, -0.25) is 14.9 Å². The molecule has 3 aromatic rings. The molecule has 0 fully saturated rings. The van der Waals surface area contributed by atoms with Crippen LogP contribution in [0.15, 0.2) is 60.7 Å². The van der Waals surface area contributed by atoms with Crippen LogP contribution in [0.25, 0.3) is 0 Å². The Morgan fingerprint density at radius 2 is 1.80 bits per heavy atom. The van der Waals surface area contributed by atoms with Gasteiger partial charge in [0.1, 0.15) is 18.2 Å². The average molecular weight is 412 g/mol. The minimum absolute atomic E-state index is 0.123. The Hall–Kier alpha value is -4.14. The van der Waals surface area contributed by atoms with Crippen LogP contribution in [0, 0.1) is 15.9 Å². The average Bonchev–Trinajstić information content (AvgIpc) is 2.73. The Morgan fingerprint density at radius 3 is 2.47 bits per heavy atom. The number of nitrogens with one attached hydrogen (secondary N) is 1. The van der Waals surface area contributed by atoms with E-state index in [0.717, 1.165) is 17.7 Å². The summed E-state index contributed by atoms with van der Waals surface area (Å²) in [5.74, 6) is -2.08. The normalized spacial score (nSPS) is 10.4. The van der Waals surface area contributed by atoms with Gasteiger partial charge >= 0.3 is 5.69 Å². The summed E-state index contributed by atoms with van der Waals surface area (Å²) in [6.45, 7) is 0.329. The van der Waals surface area contributed by atoms with E-state index in [1.54, 1.807) is 36.4 Å². The molecule has 154 valence electrons. The highest BCUT2D eigenvalue weighted by molar-refractivity contribution is 5.95. The number of phenols is 2. The predicted octanol–water partition coefficient (Wildman–Crippen LogP) is 3.65. The standard InChI is InChI=1S/C21H17FN2O6/c22-16-3-1-2-14(8-16)12-30-17-6-4-13(5-7-17)11-23-21(27)15-9-18(24(28)29)20(26)19(25)10-15/h1-10,25-26H,11-12H2,(H,23,27). The Morgan fingerprint density at radius 1 is 1.07 bits per heavy atom. The minimum Gasteiger partial charge on any atom is -0.504 e. The van der Waals surface area contributed by atoms with Crippen molar-refractivity contribution >= 4 is 11.6 Å². The van der Waals surface area contributed by atoms with E-state index in [9.17, 15) is 29.5 Å². The first-order chi connectivity index (χ1) is 14.3. The topological polar surface area (TPSA) is 122 Å². The molecule has 8 nitrogen and oxygen atoms in total. The number of carbonyl (C=O) groups excluding carboxylic acids is 1. The van der Waals surface area contributed by atoms with E-state index < -0.39 is 28.0 Å². The van der Waals surface area contributed by atoms with E-state index in [4.69, 9.17) is 4.74 Å². The molecule has 0 atom stereocenters. The second-order valence-electron chi connectivity index (χ2n) is 6.37. The second-order valence-corrected chi connectivity index (χ2v) is 6.37. The fraction of sp³-hybridized carbons (Fsp3) is 0.0952. The minimum atomic E-state index is -0.898. The van der Waals surface area contributed by atoms with Gasteiger partial charge in [0.25, 0.3) is 5.91 Å². The van der Waals surface area contributed by atoms with Gasteiger partial charge in [-0.25, -0.2) is 4.39 Å². The van der Waals surface area contributed by atoms with Crippen LogP contribution in [-0.2, 0) is 13.2 Å². The number of amides is 1. The van der Waals surface area contributed by atoms with Gasteiger partial charge in [-0.15, -0.1) is 0 Å². The van der Waals surface area contributed by atoms with Gasteiger partial charge < -0.3 is 20.3 Å². The molecule has 3 rings (SSSR count). The van der Waals surface area contributed by atoms with Gasteiger partial charge in [-0.2, -0.15) is 0 Å². The number of phenolic OH excluding ortho intramolecular Hbond substituents is 2. The van der Waals surface area contributed by atoms with Gasteiger partial charge in [0, 0.05) is 12.6 Å². The van der Waals surface area contributed by atoms with Crippen LogP contribution in [-0.4, -0.2) is 21.0 Å². The number of nitrogens with zero attached hydrogens (tertiary/aromatic N) is 1. The fourth-order valence-corrected chi connectivity index (χ4v) is 2.66. The third-order valence-electron chi connectivity index (χ3n) is 4.20. The number of nitro groups is 1. The van der Waals surface area contributed by atoms with Crippen molar-refractivity contribution in [1.29, 1.82) is 0 Å². The molecule has 3 aromatic carbocycles. The first-order valence-electron chi connectivity index (χ1n) is 8.78. The monoisotopic (exact) mass is 412 g/mol. The zero-order valence-electron chi connectivity index (χ0n) is 15.5. The van der Waals surface area contributed by atoms with Crippen molar-refractivity contribution in [2.45, 2.75) is 13.2 Å². The zero-order valence-corrected chi connectivity index (χ0v) is 15.5. The maximum absolute atomic E-state index is 13.2. The molecule has 3 N–H and O–H groups in total. The molecule has 0 unspecified atom stereocenters. The van der Waals surface area contributed by atoms with Crippen molar-refractivity contribution in [3.63, 3.8) is 0 Å². The maximum atomic E-state index is 13.2. The van der Waals surface area contributed by atoms with Crippen LogP contribution in [0.5, 0.6) is 17.2 Å². The lowest BCUT2D eigenvalue weighted by Crippen LogP contribution is -2.22. The predicted molar refractivity (Wildman–Crippen MR) is 105 cm³/mol. The summed E-state index contributed by atoms with van der Waals surface area (Å²) in [4.78, 5) is 22.2. The number of aromatic hydroxyl groups is 2. The summed E-state index contributed by atoms with van der Waals surface area (Å²) in [5, 5.41) is 32.5. The van der Waals surface area contributed by atoms with Crippen LogP contribution >= 0.6 is 0 Å². The molecular weight excluding hydrogens is 395 g/mol. The van der Waals surface area contributed by atoms with E-state index in [2.05, 4.69) is 5.32 Å². The molecule has 0 radical (unpaired) electrons. The molecule has 0 saturated heterocycles. The molecule has 0 aliphatic carbocycles. The molecule has 0 spiro atoms. The maximum Gasteiger partial charge on any atom is 0.315 e. The largest absolute Gasteiger partial charge is 0.504 e. The first-order valence-corrected chi connectivity index (χ1v) is 8.78. The lowest BCUT2D eigenvalue weighted by atomic mass is 10.1. The van der Waals surface area contributed by atoms with E-state index in [1.165, 1.54) is 12.1 Å². The van der Waals surface area contributed by atoms with Crippen LogP contribution in [0.1, 0.15) is 21.5 Å². The Labute approximate surface area is 170 Å². The summed E-state index contributed by atoms with van der Waals surface area (Å²) in [7, 11) is 0. The number of hydrogen-bond acceptors (Lipinski definition) is 6. The molecular formula is C21H17FN2O6. The lowest BCUT2D eigenvalue weighted by Gasteiger charge is -2.09. The third-order valence-corrected chi connectivity index (χ3v) is 4.20. The number of ether oxygens (including phenoxy) is 1. The lowest BCUT2D eigenvalue weighted by molar-refractivity contribution is -0.386. The second kappa shape index (κ2) is 8.91. The van der Waals surface area contributed by atoms with E-state index in [1.807, 2.05) is 0 Å². The first kappa shape index (κ1) is 20.6. The summed E-state index contributed by atoms with van der Waals surface area (Å²) >= 11 is 0. The number of carbonyl (C=O) groups is 1. The molecule has 0 aromatic heterocycles. The van der Waals surface area contributed by atoms with Gasteiger partial charge in [-0.05, 0) is 41.5 Å². The van der Waals surface area contributed by atoms with Gasteiger partial charge in [0.05, 0.1) is 10.5 Å². The number of rotatable bonds is 7. The summed E-state index contributed by atoms with van der Waals surface area (Å²) in [5.41, 5.74) is 0.503. The summed E-state index contributed by atoms with van der Waals surface area (Å²) in [6, 6.07) is 14.7. The number of hydrogen-bond donors (Lipinski definition) is 3. The van der Waals surface area contributed by atoms with Gasteiger partial charge in [-0.1, -0.05) is 24.3 Å². The number of nitro benzene ring substituents is 1. The van der Waals surface area contributed by atoms with Gasteiger partial charge in [0.2, 0.25) is 5.75 Å². The van der Waals surface area contributed by atoms with Crippen LogP contribution in [0.3, 0.4) is 0 Å². The molecule has 0 saturated carbocycles. The summed E-state index contributed by atoms with van der Waals surface area (Å²) < 4.78 is 18.8. The number of benzene rings is 3. The van der Waals surface area contributed by atoms with Crippen molar-refractivity contribution in [3.8, 4) is 17.2 Å². The summed E-state index contributed by atoms with van der Waals surface area (Å²) in [6.07, 6.45) is 0. The van der Waals surface area contributed by atoms with Crippen LogP contribution in [0.2, 0.25) is 0 Å². The van der Waals surface area contributed by atoms with Crippen LogP contribution in [0.4, 0.5) is 10.1 Å². The highest BCUT2D eigenvalue weighted by Crippen LogP contribution is 2.35. The third kappa shape index (κ3) is 5.02. The Kier molecular flexibility index (Phi) is 6.11. The molecule has 0 aliphatic rings. The molecule has 0 aliphatic heterocycles. The van der Waals surface area contributed by atoms with Crippen molar-refractivity contribution in [2.24, 2.45) is 0 Å². The van der Waals surface area contributed by atoms with Crippen LogP contribution < -0.4 is 10.1 Å². The van der Waals surface area contributed by atoms with Crippen molar-refractivity contribution < 1.29 is 29.1 Å². The fourth-order valence-electron chi connectivity index (χ4n) is 2.66. The van der Waals surface area contributed by atoms with Crippen molar-refractivity contribution in [1.82, 2.24) is 5.32 Å². The molecule has 30 heavy (non-hydrogen) atoms. The Balaban J connectivity index is 1.58. The van der Waals surface area contributed by atoms with E-state index in [0.29, 0.717) is 11.3 Å². The van der Waals surface area contributed by atoms with E-state index >= 15 is 0 Å². The molecule has 0 heterocycles. The van der Waals surface area contributed by atoms with E-state index in [-0.39, 0.29) is 24.5 Å². The van der Waals surface area contributed by atoms with Gasteiger partial charge in [0.15, 0.2) is 5.75 Å². The highest BCUT2D eigenvalue weighted by atomic mass is 19.1. The quantitative estimate of drug-likeness (QED) is 0.309. The van der Waals surface area contributed by atoms with Crippen molar-refractivity contribution in [3.05, 3.63) is 93.3 Å². The zero-order chi connectivity index (χ0) is 21.7. The molecule has 1 amide bonds. The highest BCUT2D eigenvalue weighted by Gasteiger charge is 2.21.